The zero-order chi connectivity index (χ0) is 6.04. The first-order valence-electron chi connectivity index (χ1n) is 3.34. The maximum Gasteiger partial charge on any atom is 0.0609 e. The third-order valence-electron chi connectivity index (χ3n) is 1.84. The van der Waals surface area contributed by atoms with Crippen molar-refractivity contribution in [1.29, 1.82) is 0 Å². The molecule has 1 unspecified atom stereocenters. The van der Waals surface area contributed by atoms with E-state index in [9.17, 15) is 0 Å². The molecule has 0 aromatic rings. The molecule has 0 amide bonds. The van der Waals surface area contributed by atoms with E-state index in [-0.39, 0.29) is 0 Å². The van der Waals surface area contributed by atoms with Crippen LogP contribution in [-0.4, -0.2) is 19.0 Å². The lowest BCUT2D eigenvalue weighted by Crippen LogP contribution is -2.02. The van der Waals surface area contributed by atoms with E-state index in [1.807, 2.05) is 0 Å². The van der Waals surface area contributed by atoms with Gasteiger partial charge in [0.2, 0.25) is 0 Å². The molecule has 0 aromatic carbocycles. The summed E-state index contributed by atoms with van der Waals surface area (Å²) in [6.45, 7) is 2.04. The van der Waals surface area contributed by atoms with E-state index in [4.69, 9.17) is 0 Å². The molecule has 1 rings (SSSR count). The van der Waals surface area contributed by atoms with Crippen molar-refractivity contribution in [1.82, 2.24) is 0 Å². The molecule has 48 valence electrons. The smallest absolute Gasteiger partial charge is 0.0464 e. The van der Waals surface area contributed by atoms with Crippen LogP contribution in [0.2, 0.25) is 0 Å². The molecule has 1 heterocycles. The molecule has 0 aromatic heterocycles. The molecule has 0 radical (unpaired) electrons. The van der Waals surface area contributed by atoms with Gasteiger partial charge in [-0.15, -0.1) is 0 Å². The van der Waals surface area contributed by atoms with Gasteiger partial charge in [0.05, 0.1) is 19.0 Å². The van der Waals surface area contributed by atoms with Gasteiger partial charge in [0.25, 0.3) is 0 Å². The molecule has 0 bridgehead atoms. The lowest BCUT2D eigenvalue weighted by Gasteiger charge is -2.21. The van der Waals surface area contributed by atoms with Crippen molar-refractivity contribution in [2.75, 3.05) is 19.0 Å². The predicted molar refractivity (Wildman–Crippen MR) is 46.1 cm³/mol. The van der Waals surface area contributed by atoms with Crippen molar-refractivity contribution in [2.45, 2.75) is 19.3 Å². The summed E-state index contributed by atoms with van der Waals surface area (Å²) in [5.41, 5.74) is 0. The lowest BCUT2D eigenvalue weighted by molar-refractivity contribution is 0.752. The second kappa shape index (κ2) is 2.63. The van der Waals surface area contributed by atoms with Crippen LogP contribution in [0.25, 0.3) is 0 Å². The highest BCUT2D eigenvalue weighted by atomic mass is 32.1. The minimum atomic E-state index is -0.420. The van der Waals surface area contributed by atoms with Crippen LogP contribution < -0.4 is 0 Å². The fourth-order valence-electron chi connectivity index (χ4n) is 1.23. The zero-order valence-electron chi connectivity index (χ0n) is 5.56. The Morgan fingerprint density at radius 1 is 1.12 bits per heavy atom. The van der Waals surface area contributed by atoms with E-state index in [1.165, 1.54) is 31.6 Å². The first-order valence-corrected chi connectivity index (χ1v) is 7.56. The third kappa shape index (κ3) is 2.00. The van der Waals surface area contributed by atoms with Crippen molar-refractivity contribution < 1.29 is 0 Å². The van der Waals surface area contributed by atoms with E-state index >= 15 is 0 Å². The number of rotatable bonds is 0. The summed E-state index contributed by atoms with van der Waals surface area (Å²) in [5.74, 6) is 0. The van der Waals surface area contributed by atoms with Crippen molar-refractivity contribution in [2.24, 2.45) is 0 Å². The van der Waals surface area contributed by atoms with E-state index in [1.54, 1.807) is 0 Å². The molecule has 1 aliphatic rings. The molecule has 1 aliphatic heterocycles. The van der Waals surface area contributed by atoms with Gasteiger partial charge in [-0.3, -0.25) is 0 Å². The average molecular weight is 149 g/mol. The topological polar surface area (TPSA) is 0 Å². The van der Waals surface area contributed by atoms with Crippen LogP contribution in [-0.2, 0) is 0 Å². The predicted octanol–water partition coefficient (Wildman–Crippen LogP) is 2.61. The second-order valence-electron chi connectivity index (χ2n) is 2.99. The summed E-state index contributed by atoms with van der Waals surface area (Å²) in [6.07, 6.45) is 7.53. The van der Waals surface area contributed by atoms with Crippen LogP contribution in [0.1, 0.15) is 19.3 Å². The molecule has 8 heavy (non-hydrogen) atoms. The monoisotopic (exact) mass is 149 g/mol. The Morgan fingerprint density at radius 3 is 1.88 bits per heavy atom. The van der Waals surface area contributed by atoms with Crippen LogP contribution in [0, 0.1) is 0 Å². The fourth-order valence-corrected chi connectivity index (χ4v) is 4.45. The van der Waals surface area contributed by atoms with Gasteiger partial charge in [0, 0.05) is 15.9 Å². The van der Waals surface area contributed by atoms with Crippen LogP contribution >= 0.6 is 15.9 Å². The Kier molecular flexibility index (Phi) is 2.29. The number of hydrogen-bond donors (Lipinski definition) is 0. The summed E-state index contributed by atoms with van der Waals surface area (Å²) in [7, 11) is 3.07. The highest BCUT2D eigenvalue weighted by Gasteiger charge is 2.27. The highest BCUT2D eigenvalue weighted by Crippen LogP contribution is 2.65. The standard InChI is InChI=1S/C6H15P2/c1-8(7)5-3-2-4-6-8/h2-7H2,1H3/q+1. The van der Waals surface area contributed by atoms with Crippen molar-refractivity contribution in [3.8, 4) is 0 Å². The van der Waals surface area contributed by atoms with E-state index in [0.29, 0.717) is 0 Å². The Bertz CT molecular complexity index is 70.6. The number of hydrogen-bond acceptors (Lipinski definition) is 0. The maximum atomic E-state index is 3.07. The molecule has 0 nitrogen and oxygen atoms in total. The highest BCUT2D eigenvalue weighted by molar-refractivity contribution is 8.24. The van der Waals surface area contributed by atoms with Gasteiger partial charge < -0.3 is 0 Å². The van der Waals surface area contributed by atoms with E-state index in [2.05, 4.69) is 15.6 Å². The van der Waals surface area contributed by atoms with Gasteiger partial charge in [-0.1, -0.05) is 0 Å². The van der Waals surface area contributed by atoms with Gasteiger partial charge in [-0.05, 0) is 19.3 Å². The summed E-state index contributed by atoms with van der Waals surface area (Å²) in [6, 6.07) is 0. The summed E-state index contributed by atoms with van der Waals surface area (Å²) in [5, 5.41) is 0. The van der Waals surface area contributed by atoms with Crippen molar-refractivity contribution in [3.63, 3.8) is 0 Å². The Hall–Kier alpha value is 0.860. The Morgan fingerprint density at radius 2 is 1.62 bits per heavy atom. The van der Waals surface area contributed by atoms with E-state index < -0.39 is 6.95 Å². The summed E-state index contributed by atoms with van der Waals surface area (Å²) >= 11 is 0. The van der Waals surface area contributed by atoms with Crippen molar-refractivity contribution >= 4 is 15.9 Å². The zero-order valence-corrected chi connectivity index (χ0v) is 7.61. The van der Waals surface area contributed by atoms with Crippen LogP contribution in [0.3, 0.4) is 0 Å². The molecule has 1 fully saturated rings. The maximum absolute atomic E-state index is 3.07. The summed E-state index contributed by atoms with van der Waals surface area (Å²) < 4.78 is 0. The van der Waals surface area contributed by atoms with Gasteiger partial charge in [0.15, 0.2) is 0 Å². The van der Waals surface area contributed by atoms with Gasteiger partial charge in [-0.25, -0.2) is 0 Å². The molecule has 0 aliphatic carbocycles. The molecule has 1 saturated heterocycles. The molecule has 2 heteroatoms. The van der Waals surface area contributed by atoms with Crippen LogP contribution in [0.4, 0.5) is 0 Å². The van der Waals surface area contributed by atoms with Gasteiger partial charge >= 0.3 is 0 Å². The molecule has 0 saturated carbocycles. The second-order valence-corrected chi connectivity index (χ2v) is 10.6. The first-order chi connectivity index (χ1) is 3.71. The molecule has 0 spiro atoms. The summed E-state index contributed by atoms with van der Waals surface area (Å²) in [4.78, 5) is 0. The minimum Gasteiger partial charge on any atom is -0.0464 e. The fraction of sp³-hybridized carbons (Fsp3) is 1.00. The quantitative estimate of drug-likeness (QED) is 0.464. The minimum absolute atomic E-state index is 0.420. The van der Waals surface area contributed by atoms with Crippen LogP contribution in [0.15, 0.2) is 0 Å². The third-order valence-corrected chi connectivity index (χ3v) is 6.06. The van der Waals surface area contributed by atoms with Gasteiger partial charge in [0.1, 0.15) is 0 Å². The Balaban J connectivity index is 2.33. The average Bonchev–Trinajstić information content (AvgIpc) is 1.65. The SMILES string of the molecule is C[P+]1(P)CCCCC1. The lowest BCUT2D eigenvalue weighted by atomic mass is 10.3. The first kappa shape index (κ1) is 6.97. The van der Waals surface area contributed by atoms with Crippen LogP contribution in [0.5, 0.6) is 0 Å². The molecular weight excluding hydrogens is 134 g/mol. The van der Waals surface area contributed by atoms with Gasteiger partial charge in [-0.2, -0.15) is 0 Å². The van der Waals surface area contributed by atoms with Crippen molar-refractivity contribution in [3.05, 3.63) is 0 Å². The molecule has 1 atom stereocenters. The normalized spacial score (nSPS) is 27.8. The largest absolute Gasteiger partial charge is 0.0609 e. The Labute approximate surface area is 54.9 Å². The van der Waals surface area contributed by atoms with E-state index in [0.717, 1.165) is 0 Å². The molecular formula is C6H15P2+. The molecule has 0 N–H and O–H groups in total.